The molecule has 0 aliphatic heterocycles. The van der Waals surface area contributed by atoms with Crippen molar-refractivity contribution in [3.63, 3.8) is 0 Å². The molecule has 0 radical (unpaired) electrons. The quantitative estimate of drug-likeness (QED) is 0.0267. The van der Waals surface area contributed by atoms with E-state index in [4.69, 9.17) is 14.2 Å². The fraction of sp³-hybridized carbons (Fsp3) is 0.814. The molecule has 0 spiro atoms. The van der Waals surface area contributed by atoms with E-state index in [0.717, 1.165) is 57.8 Å². The second-order valence-electron chi connectivity index (χ2n) is 19.2. The summed E-state index contributed by atoms with van der Waals surface area (Å²) in [6.45, 7) is 15.5. The molecule has 1 aromatic carbocycles. The number of carbonyl (C=O) groups is 5. The summed E-state index contributed by atoms with van der Waals surface area (Å²) in [6, 6.07) is 6.59. The molecule has 0 aromatic heterocycles. The number of rotatable bonds is 43. The second-order valence-corrected chi connectivity index (χ2v) is 19.2. The number of hydrogen-bond donors (Lipinski definition) is 0. The topological polar surface area (TPSA) is 159 Å². The minimum atomic E-state index is -0.903. The Hall–Kier alpha value is -2.17. The first kappa shape index (κ1) is 74.4. The molecular formula is C59H106CaO10. The van der Waals surface area contributed by atoms with Crippen LogP contribution < -0.4 is 10.2 Å². The molecule has 0 N–H and O–H groups in total. The first-order valence-corrected chi connectivity index (χ1v) is 28.3. The standard InChI is InChI=1S/2C18H36O2.C16H22O4.C7H14O2.Ca/c2*1-2-3-4-5-6-7-8-9-10-11-12-13-14-15-16-17-18(19)20;1-3-5-11-19-15(17)13-9-7-8-10-14(13)16(18)20-12-6-4-2;1-6(2)4-5-9-7(3)8;/h2*2-17H2,1H3,(H,19,20);7-10H,3-6,11-12H2,1-2H3;6H,4-5H2,1-3H3;/q;;;;+2/p-2. The first-order valence-electron chi connectivity index (χ1n) is 28.3. The van der Waals surface area contributed by atoms with E-state index < -0.39 is 23.9 Å². The van der Waals surface area contributed by atoms with Gasteiger partial charge in [-0.15, -0.1) is 0 Å². The van der Waals surface area contributed by atoms with Gasteiger partial charge in [0.2, 0.25) is 0 Å². The molecule has 0 bridgehead atoms. The molecule has 0 saturated heterocycles. The second kappa shape index (κ2) is 61.1. The van der Waals surface area contributed by atoms with Crippen molar-refractivity contribution in [3.05, 3.63) is 35.4 Å². The molecule has 10 nitrogen and oxygen atoms in total. The van der Waals surface area contributed by atoms with Gasteiger partial charge in [0.1, 0.15) is 0 Å². The monoisotopic (exact) mass is 1010 g/mol. The predicted octanol–water partition coefficient (Wildman–Crippen LogP) is 14.8. The summed E-state index contributed by atoms with van der Waals surface area (Å²) >= 11 is 0. The number of unbranched alkanes of at least 4 members (excludes halogenated alkanes) is 30. The van der Waals surface area contributed by atoms with Gasteiger partial charge in [0.25, 0.3) is 0 Å². The van der Waals surface area contributed by atoms with Crippen molar-refractivity contribution in [1.82, 2.24) is 0 Å². The Morgan fingerprint density at radius 3 is 0.886 bits per heavy atom. The van der Waals surface area contributed by atoms with Crippen molar-refractivity contribution in [2.45, 2.75) is 286 Å². The third-order valence-corrected chi connectivity index (χ3v) is 11.8. The third-order valence-electron chi connectivity index (χ3n) is 11.8. The maximum absolute atomic E-state index is 11.9. The molecule has 0 fully saturated rings. The Bertz CT molecular complexity index is 1220. The summed E-state index contributed by atoms with van der Waals surface area (Å²) in [6.07, 6.45) is 44.2. The van der Waals surface area contributed by atoms with Crippen LogP contribution in [0, 0.1) is 5.92 Å². The zero-order chi connectivity index (χ0) is 51.9. The zero-order valence-corrected chi connectivity index (χ0v) is 48.7. The molecule has 0 heterocycles. The van der Waals surface area contributed by atoms with Crippen LogP contribution in [0.3, 0.4) is 0 Å². The van der Waals surface area contributed by atoms with Gasteiger partial charge in [0.05, 0.1) is 30.9 Å². The summed E-state index contributed by atoms with van der Waals surface area (Å²) in [5, 5.41) is 20.4. The number of benzene rings is 1. The maximum atomic E-state index is 11.9. The van der Waals surface area contributed by atoms with E-state index >= 15 is 0 Å². The van der Waals surface area contributed by atoms with Crippen LogP contribution >= 0.6 is 0 Å². The van der Waals surface area contributed by atoms with Gasteiger partial charge in [0.15, 0.2) is 0 Å². The minimum Gasteiger partial charge on any atom is -0.550 e. The van der Waals surface area contributed by atoms with Gasteiger partial charge in [-0.25, -0.2) is 9.59 Å². The Kier molecular flexibility index (Phi) is 64.9. The number of aliphatic carboxylic acids is 2. The Labute approximate surface area is 460 Å². The van der Waals surface area contributed by atoms with Crippen molar-refractivity contribution < 1.29 is 48.4 Å². The van der Waals surface area contributed by atoms with Crippen LogP contribution in [0.4, 0.5) is 0 Å². The summed E-state index contributed by atoms with van der Waals surface area (Å²) < 4.78 is 15.0. The molecule has 11 heteroatoms. The third kappa shape index (κ3) is 61.9. The van der Waals surface area contributed by atoms with Crippen molar-refractivity contribution >= 4 is 67.6 Å². The molecular weight excluding hydrogens is 909 g/mol. The molecule has 70 heavy (non-hydrogen) atoms. The Balaban J connectivity index is -0.000000426. The van der Waals surface area contributed by atoms with E-state index in [-0.39, 0.29) is 67.7 Å². The van der Waals surface area contributed by atoms with E-state index in [1.807, 2.05) is 13.8 Å². The summed E-state index contributed by atoms with van der Waals surface area (Å²) in [5.74, 6) is -2.32. The number of carboxylic acids is 2. The molecule has 0 unspecified atom stereocenters. The van der Waals surface area contributed by atoms with Crippen LogP contribution in [0.15, 0.2) is 24.3 Å². The van der Waals surface area contributed by atoms with Gasteiger partial charge in [0, 0.05) is 18.9 Å². The molecule has 1 aromatic rings. The summed E-state index contributed by atoms with van der Waals surface area (Å²) in [4.78, 5) is 54.5. The average Bonchev–Trinajstić information content (AvgIpc) is 3.32. The van der Waals surface area contributed by atoms with E-state index in [2.05, 4.69) is 27.7 Å². The number of esters is 3. The average molecular weight is 1020 g/mol. The predicted molar refractivity (Wildman–Crippen MR) is 288 cm³/mol. The molecule has 0 aliphatic carbocycles. The van der Waals surface area contributed by atoms with Crippen LogP contribution in [-0.2, 0) is 28.6 Å². The molecule has 0 amide bonds. The van der Waals surface area contributed by atoms with Crippen LogP contribution in [0.2, 0.25) is 0 Å². The van der Waals surface area contributed by atoms with Crippen molar-refractivity contribution in [1.29, 1.82) is 0 Å². The summed E-state index contributed by atoms with van der Waals surface area (Å²) in [5.41, 5.74) is 0.537. The zero-order valence-electron chi connectivity index (χ0n) is 46.5. The van der Waals surface area contributed by atoms with Crippen LogP contribution in [0.25, 0.3) is 0 Å². The molecule has 0 saturated carbocycles. The Morgan fingerprint density at radius 1 is 0.400 bits per heavy atom. The first-order chi connectivity index (χ1) is 33.4. The minimum absolute atomic E-state index is 0. The van der Waals surface area contributed by atoms with Crippen LogP contribution in [-0.4, -0.2) is 87.4 Å². The smallest absolute Gasteiger partial charge is 0.550 e. The molecule has 1 rings (SSSR count). The van der Waals surface area contributed by atoms with E-state index in [0.29, 0.717) is 25.7 Å². The largest absolute Gasteiger partial charge is 2.00 e. The van der Waals surface area contributed by atoms with Gasteiger partial charge in [-0.1, -0.05) is 246 Å². The van der Waals surface area contributed by atoms with Crippen molar-refractivity contribution in [2.24, 2.45) is 5.92 Å². The summed E-state index contributed by atoms with van der Waals surface area (Å²) in [7, 11) is 0. The van der Waals surface area contributed by atoms with Gasteiger partial charge in [-0.2, -0.15) is 0 Å². The Morgan fingerprint density at radius 2 is 0.657 bits per heavy atom. The van der Waals surface area contributed by atoms with E-state index in [1.165, 1.54) is 174 Å². The number of carboxylic acid groups (broad SMARTS) is 2. The fourth-order valence-corrected chi connectivity index (χ4v) is 7.33. The van der Waals surface area contributed by atoms with Gasteiger partial charge < -0.3 is 34.0 Å². The molecule has 0 aliphatic rings. The normalized spacial score (nSPS) is 10.3. The van der Waals surface area contributed by atoms with Gasteiger partial charge in [-0.3, -0.25) is 4.79 Å². The molecule has 404 valence electrons. The van der Waals surface area contributed by atoms with E-state index in [1.54, 1.807) is 24.3 Å². The van der Waals surface area contributed by atoms with Crippen LogP contribution in [0.5, 0.6) is 0 Å². The van der Waals surface area contributed by atoms with Crippen molar-refractivity contribution in [2.75, 3.05) is 19.8 Å². The van der Waals surface area contributed by atoms with Gasteiger partial charge in [-0.05, 0) is 63.0 Å². The van der Waals surface area contributed by atoms with Crippen LogP contribution in [0.1, 0.15) is 307 Å². The van der Waals surface area contributed by atoms with E-state index in [9.17, 15) is 34.2 Å². The number of ether oxygens (including phenoxy) is 3. The number of hydrogen-bond acceptors (Lipinski definition) is 10. The fourth-order valence-electron chi connectivity index (χ4n) is 7.33. The SMILES string of the molecule is CC(=O)OCCC(C)C.CCCCCCCCCCCCCCCCCC(=O)[O-].CCCCCCCCCCCCCCCCCC(=O)[O-].CCCCOC(=O)c1ccccc1C(=O)OCCCC.[Ca+2]. The number of carbonyl (C=O) groups excluding carboxylic acids is 5. The maximum Gasteiger partial charge on any atom is 2.00 e. The van der Waals surface area contributed by atoms with Gasteiger partial charge >= 0.3 is 55.6 Å². The van der Waals surface area contributed by atoms with Crippen molar-refractivity contribution in [3.8, 4) is 0 Å². The molecule has 0 atom stereocenters.